The minimum absolute atomic E-state index is 0.0698. The number of piperidine rings is 1. The molecular weight excluding hydrogens is 260 g/mol. The number of thiazole rings is 1. The van der Waals surface area contributed by atoms with Crippen LogP contribution in [-0.2, 0) is 0 Å². The predicted octanol–water partition coefficient (Wildman–Crippen LogP) is 1.72. The zero-order valence-electron chi connectivity index (χ0n) is 11.0. The zero-order valence-corrected chi connectivity index (χ0v) is 11.8. The second kappa shape index (κ2) is 6.55. The molecule has 0 spiro atoms. The van der Waals surface area contributed by atoms with Gasteiger partial charge in [-0.3, -0.25) is 5.32 Å². The van der Waals surface area contributed by atoms with Crippen LogP contribution in [0.4, 0.5) is 9.93 Å². The number of hydrogen-bond donors (Lipinski definition) is 2. The van der Waals surface area contributed by atoms with Gasteiger partial charge >= 0.3 is 6.03 Å². The molecule has 0 unspecified atom stereocenters. The van der Waals surface area contributed by atoms with Crippen molar-refractivity contribution in [1.29, 1.82) is 0 Å². The van der Waals surface area contributed by atoms with Crippen molar-refractivity contribution in [3.8, 4) is 11.8 Å². The predicted molar refractivity (Wildman–Crippen MR) is 77.0 cm³/mol. The first-order chi connectivity index (χ1) is 9.19. The molecule has 0 atom stereocenters. The summed E-state index contributed by atoms with van der Waals surface area (Å²) in [4.78, 5) is 18.8. The molecule has 1 saturated heterocycles. The Hall–Kier alpha value is -1.58. The van der Waals surface area contributed by atoms with Gasteiger partial charge < -0.3 is 10.6 Å². The summed E-state index contributed by atoms with van der Waals surface area (Å²) in [5.41, 5.74) is 5.31. The van der Waals surface area contributed by atoms with Gasteiger partial charge in [0.1, 0.15) is 0 Å². The molecule has 19 heavy (non-hydrogen) atoms. The van der Waals surface area contributed by atoms with E-state index in [1.165, 1.54) is 11.3 Å². The molecule has 0 saturated carbocycles. The van der Waals surface area contributed by atoms with E-state index in [1.54, 1.807) is 6.20 Å². The maximum Gasteiger partial charge on any atom is 0.323 e. The van der Waals surface area contributed by atoms with E-state index in [-0.39, 0.29) is 6.03 Å². The van der Waals surface area contributed by atoms with Gasteiger partial charge in [-0.25, -0.2) is 9.78 Å². The molecule has 2 rings (SSSR count). The molecule has 1 aromatic rings. The molecule has 5 nitrogen and oxygen atoms in total. The molecule has 3 N–H and O–H groups in total. The molecule has 1 aromatic heterocycles. The lowest BCUT2D eigenvalue weighted by Gasteiger charge is -2.29. The SMILES string of the molecule is CC1CCN(C(=O)Nc2ncc(C#CCN)s2)CC1. The van der Waals surface area contributed by atoms with Crippen LogP contribution in [0.5, 0.6) is 0 Å². The van der Waals surface area contributed by atoms with Gasteiger partial charge in [-0.15, -0.1) is 0 Å². The summed E-state index contributed by atoms with van der Waals surface area (Å²) >= 11 is 1.37. The number of nitrogens with two attached hydrogens (primary N) is 1. The van der Waals surface area contributed by atoms with Crippen molar-refractivity contribution in [1.82, 2.24) is 9.88 Å². The number of carbonyl (C=O) groups is 1. The molecule has 0 aliphatic carbocycles. The lowest BCUT2D eigenvalue weighted by molar-refractivity contribution is 0.186. The minimum atomic E-state index is -0.0698. The number of aromatic nitrogens is 1. The Morgan fingerprint density at radius 2 is 2.37 bits per heavy atom. The van der Waals surface area contributed by atoms with Crippen LogP contribution in [0.1, 0.15) is 24.6 Å². The van der Waals surface area contributed by atoms with Crippen molar-refractivity contribution in [3.05, 3.63) is 11.1 Å². The van der Waals surface area contributed by atoms with Crippen LogP contribution in [0.25, 0.3) is 0 Å². The fourth-order valence-electron chi connectivity index (χ4n) is 1.91. The Morgan fingerprint density at radius 3 is 3.05 bits per heavy atom. The summed E-state index contributed by atoms with van der Waals surface area (Å²) in [5.74, 6) is 6.37. The normalized spacial score (nSPS) is 15.8. The maximum atomic E-state index is 12.0. The number of nitrogens with one attached hydrogen (secondary N) is 1. The van der Waals surface area contributed by atoms with Crippen molar-refractivity contribution in [2.75, 3.05) is 25.0 Å². The Bertz CT molecular complexity index is 494. The van der Waals surface area contributed by atoms with Gasteiger partial charge in [0.2, 0.25) is 0 Å². The largest absolute Gasteiger partial charge is 0.324 e. The monoisotopic (exact) mass is 278 g/mol. The number of amides is 2. The van der Waals surface area contributed by atoms with E-state index >= 15 is 0 Å². The number of anilines is 1. The molecule has 0 radical (unpaired) electrons. The fourth-order valence-corrected chi connectivity index (χ4v) is 2.59. The molecular formula is C13H18N4OS. The maximum absolute atomic E-state index is 12.0. The van der Waals surface area contributed by atoms with Crippen LogP contribution < -0.4 is 11.1 Å². The number of nitrogens with zero attached hydrogens (tertiary/aromatic N) is 2. The molecule has 1 fully saturated rings. The van der Waals surface area contributed by atoms with Gasteiger partial charge in [0.05, 0.1) is 17.6 Å². The third-order valence-electron chi connectivity index (χ3n) is 3.10. The van der Waals surface area contributed by atoms with E-state index in [0.29, 0.717) is 17.6 Å². The van der Waals surface area contributed by atoms with Crippen LogP contribution >= 0.6 is 11.3 Å². The van der Waals surface area contributed by atoms with E-state index in [2.05, 4.69) is 29.1 Å². The zero-order chi connectivity index (χ0) is 13.7. The average Bonchev–Trinajstić information content (AvgIpc) is 2.84. The van der Waals surface area contributed by atoms with Gasteiger partial charge in [0.25, 0.3) is 0 Å². The van der Waals surface area contributed by atoms with Crippen molar-refractivity contribution in [2.24, 2.45) is 11.7 Å². The minimum Gasteiger partial charge on any atom is -0.324 e. The summed E-state index contributed by atoms with van der Waals surface area (Å²) < 4.78 is 0. The first kappa shape index (κ1) is 13.8. The molecule has 0 aromatic carbocycles. The van der Waals surface area contributed by atoms with Crippen LogP contribution in [0, 0.1) is 17.8 Å². The molecule has 1 aliphatic heterocycles. The molecule has 2 heterocycles. The van der Waals surface area contributed by atoms with Crippen molar-refractivity contribution in [3.63, 3.8) is 0 Å². The first-order valence-corrected chi connectivity index (χ1v) is 7.21. The average molecular weight is 278 g/mol. The molecule has 6 heteroatoms. The summed E-state index contributed by atoms with van der Waals surface area (Å²) in [6, 6.07) is -0.0698. The second-order valence-corrected chi connectivity index (χ2v) is 5.67. The summed E-state index contributed by atoms with van der Waals surface area (Å²) in [5, 5.41) is 3.41. The van der Waals surface area contributed by atoms with Gasteiger partial charge in [0.15, 0.2) is 5.13 Å². The standard InChI is InChI=1S/C13H18N4OS/c1-10-4-7-17(8-5-10)13(18)16-12-15-9-11(19-12)3-2-6-14/h9-10H,4-8,14H2,1H3,(H,15,16,18). The Balaban J connectivity index is 1.90. The lowest BCUT2D eigenvalue weighted by Crippen LogP contribution is -2.40. The Morgan fingerprint density at radius 1 is 1.63 bits per heavy atom. The number of likely N-dealkylation sites (tertiary alicyclic amines) is 1. The van der Waals surface area contributed by atoms with Crippen LogP contribution in [0.2, 0.25) is 0 Å². The molecule has 0 bridgehead atoms. The first-order valence-electron chi connectivity index (χ1n) is 6.39. The van der Waals surface area contributed by atoms with E-state index < -0.39 is 0 Å². The van der Waals surface area contributed by atoms with Gasteiger partial charge in [-0.1, -0.05) is 30.1 Å². The molecule has 102 valence electrons. The Kier molecular flexibility index (Phi) is 4.77. The van der Waals surface area contributed by atoms with Crippen LogP contribution in [0.3, 0.4) is 0 Å². The third kappa shape index (κ3) is 3.94. The number of hydrogen-bond acceptors (Lipinski definition) is 4. The summed E-state index contributed by atoms with van der Waals surface area (Å²) in [7, 11) is 0. The third-order valence-corrected chi connectivity index (χ3v) is 3.93. The van der Waals surface area contributed by atoms with E-state index in [1.807, 2.05) is 4.90 Å². The molecule has 1 aliphatic rings. The highest BCUT2D eigenvalue weighted by Crippen LogP contribution is 2.20. The van der Waals surface area contributed by atoms with E-state index in [4.69, 9.17) is 5.73 Å². The highest BCUT2D eigenvalue weighted by molar-refractivity contribution is 7.16. The van der Waals surface area contributed by atoms with Crippen molar-refractivity contribution < 1.29 is 4.79 Å². The molecule has 2 amide bonds. The van der Waals surface area contributed by atoms with Gasteiger partial charge in [0, 0.05) is 13.1 Å². The fraction of sp³-hybridized carbons (Fsp3) is 0.538. The van der Waals surface area contributed by atoms with E-state index in [0.717, 1.165) is 30.8 Å². The highest BCUT2D eigenvalue weighted by Gasteiger charge is 2.20. The van der Waals surface area contributed by atoms with Crippen molar-refractivity contribution in [2.45, 2.75) is 19.8 Å². The number of carbonyl (C=O) groups excluding carboxylic acids is 1. The summed E-state index contributed by atoms with van der Waals surface area (Å²) in [6.45, 7) is 4.18. The van der Waals surface area contributed by atoms with Crippen molar-refractivity contribution >= 4 is 22.5 Å². The number of urea groups is 1. The lowest BCUT2D eigenvalue weighted by atomic mass is 10.00. The van der Waals surface area contributed by atoms with Gasteiger partial charge in [-0.2, -0.15) is 0 Å². The topological polar surface area (TPSA) is 71.2 Å². The number of rotatable bonds is 1. The van der Waals surface area contributed by atoms with Crippen LogP contribution in [-0.4, -0.2) is 35.5 Å². The van der Waals surface area contributed by atoms with Gasteiger partial charge in [-0.05, 0) is 18.8 Å². The van der Waals surface area contributed by atoms with E-state index in [9.17, 15) is 4.79 Å². The summed E-state index contributed by atoms with van der Waals surface area (Å²) in [6.07, 6.45) is 3.79. The second-order valence-electron chi connectivity index (χ2n) is 4.64. The highest BCUT2D eigenvalue weighted by atomic mass is 32.1. The van der Waals surface area contributed by atoms with Crippen LogP contribution in [0.15, 0.2) is 6.20 Å². The smallest absolute Gasteiger partial charge is 0.323 e. The quantitative estimate of drug-likeness (QED) is 0.768. The Labute approximate surface area is 117 Å².